The summed E-state index contributed by atoms with van der Waals surface area (Å²) in [6.45, 7) is 5.65. The molecule has 206 valence electrons. The van der Waals surface area contributed by atoms with Gasteiger partial charge in [0, 0.05) is 25.7 Å². The number of ether oxygens (including phenoxy) is 1. The van der Waals surface area contributed by atoms with Gasteiger partial charge in [-0.3, -0.25) is 4.79 Å². The number of carbonyl (C=O) groups is 1. The number of hydrogen-bond donors (Lipinski definition) is 1. The van der Waals surface area contributed by atoms with Crippen LogP contribution in [0.3, 0.4) is 0 Å². The summed E-state index contributed by atoms with van der Waals surface area (Å²) >= 11 is 0. The third-order valence-electron chi connectivity index (χ3n) is 8.41. The number of nitrogens with one attached hydrogen (secondary N) is 1. The number of fused-ring (bicyclic) bond motifs is 1. The van der Waals surface area contributed by atoms with Gasteiger partial charge in [0.15, 0.2) is 0 Å². The van der Waals surface area contributed by atoms with E-state index in [9.17, 15) is 18.0 Å². The van der Waals surface area contributed by atoms with Gasteiger partial charge in [-0.1, -0.05) is 50.2 Å². The summed E-state index contributed by atoms with van der Waals surface area (Å²) in [4.78, 5) is 15.7. The molecule has 7 heteroatoms. The first-order valence-electron chi connectivity index (χ1n) is 13.7. The van der Waals surface area contributed by atoms with Crippen LogP contribution in [0.15, 0.2) is 72.8 Å². The second-order valence-corrected chi connectivity index (χ2v) is 11.1. The monoisotopic (exact) mass is 536 g/mol. The van der Waals surface area contributed by atoms with Crippen LogP contribution in [-0.4, -0.2) is 23.4 Å². The van der Waals surface area contributed by atoms with Crippen molar-refractivity contribution in [2.24, 2.45) is 11.3 Å². The summed E-state index contributed by atoms with van der Waals surface area (Å²) in [5.74, 6) is 1.78. The van der Waals surface area contributed by atoms with E-state index >= 15 is 0 Å². The van der Waals surface area contributed by atoms with Crippen LogP contribution in [-0.2, 0) is 30.5 Å². The predicted molar refractivity (Wildman–Crippen MR) is 145 cm³/mol. The fraction of sp³-hybridized carbons (Fsp3) is 0.406. The van der Waals surface area contributed by atoms with Crippen molar-refractivity contribution in [1.82, 2.24) is 10.2 Å². The van der Waals surface area contributed by atoms with Gasteiger partial charge in [-0.2, -0.15) is 13.2 Å². The molecule has 3 aromatic carbocycles. The van der Waals surface area contributed by atoms with Gasteiger partial charge in [-0.15, -0.1) is 0 Å². The molecule has 2 atom stereocenters. The lowest BCUT2D eigenvalue weighted by Crippen LogP contribution is -2.48. The maximum absolute atomic E-state index is 13.9. The van der Waals surface area contributed by atoms with E-state index in [1.807, 2.05) is 54.6 Å². The zero-order valence-corrected chi connectivity index (χ0v) is 22.4. The third-order valence-corrected chi connectivity index (χ3v) is 8.41. The Balaban J connectivity index is 1.21. The number of rotatable bonds is 7. The largest absolute Gasteiger partial charge is 0.457 e. The standard InChI is InChI=1S/C32H35F3N2O2/c1-22(2)31(30(38)37-17-15-24-10-11-26(32(33,34)35)18-25(24)21-37)16-14-27(19-31)36-20-23-8-12-29(13-9-23)39-28-6-4-3-5-7-28/h3-13,18,22,27,36H,14-17,19-21H2,1-2H3/t27-,31+/m1/s1. The number of nitrogens with zero attached hydrogens (tertiary/aromatic N) is 1. The molecule has 0 spiro atoms. The summed E-state index contributed by atoms with van der Waals surface area (Å²) in [6.07, 6.45) is -1.41. The van der Waals surface area contributed by atoms with Crippen molar-refractivity contribution < 1.29 is 22.7 Å². The average Bonchev–Trinajstić information content (AvgIpc) is 3.37. The Morgan fingerprint density at radius 3 is 2.44 bits per heavy atom. The number of para-hydroxylation sites is 1. The minimum Gasteiger partial charge on any atom is -0.457 e. The first-order valence-corrected chi connectivity index (χ1v) is 13.7. The van der Waals surface area contributed by atoms with Crippen molar-refractivity contribution in [3.8, 4) is 11.5 Å². The minimum absolute atomic E-state index is 0.0762. The smallest absolute Gasteiger partial charge is 0.416 e. The highest BCUT2D eigenvalue weighted by atomic mass is 19.4. The molecule has 0 saturated heterocycles. The highest BCUT2D eigenvalue weighted by molar-refractivity contribution is 5.84. The quantitative estimate of drug-likeness (QED) is 0.343. The normalized spacial score (nSPS) is 21.2. The first-order chi connectivity index (χ1) is 18.6. The topological polar surface area (TPSA) is 41.6 Å². The zero-order chi connectivity index (χ0) is 27.6. The summed E-state index contributed by atoms with van der Waals surface area (Å²) in [7, 11) is 0. The van der Waals surface area contributed by atoms with Gasteiger partial charge in [0.1, 0.15) is 11.5 Å². The van der Waals surface area contributed by atoms with E-state index in [1.165, 1.54) is 6.07 Å². The lowest BCUT2D eigenvalue weighted by Gasteiger charge is -2.40. The number of hydrogen-bond acceptors (Lipinski definition) is 3. The molecule has 1 aliphatic heterocycles. The number of benzene rings is 3. The van der Waals surface area contributed by atoms with E-state index < -0.39 is 17.2 Å². The fourth-order valence-corrected chi connectivity index (χ4v) is 6.00. The maximum Gasteiger partial charge on any atom is 0.416 e. The van der Waals surface area contributed by atoms with Crippen molar-refractivity contribution in [2.45, 2.75) is 64.8 Å². The van der Waals surface area contributed by atoms with Gasteiger partial charge >= 0.3 is 6.18 Å². The molecule has 4 nitrogen and oxygen atoms in total. The molecule has 1 N–H and O–H groups in total. The Labute approximate surface area is 228 Å². The molecule has 1 aliphatic carbocycles. The Hall–Kier alpha value is -3.32. The number of halogens is 3. The van der Waals surface area contributed by atoms with Crippen LogP contribution < -0.4 is 10.1 Å². The van der Waals surface area contributed by atoms with E-state index in [0.29, 0.717) is 25.1 Å². The van der Waals surface area contributed by atoms with E-state index in [4.69, 9.17) is 4.74 Å². The van der Waals surface area contributed by atoms with Crippen molar-refractivity contribution in [3.05, 3.63) is 95.1 Å². The summed E-state index contributed by atoms with van der Waals surface area (Å²) in [5, 5.41) is 3.64. The maximum atomic E-state index is 13.9. The van der Waals surface area contributed by atoms with Crippen molar-refractivity contribution >= 4 is 5.91 Å². The molecular weight excluding hydrogens is 501 g/mol. The third kappa shape index (κ3) is 5.98. The van der Waals surface area contributed by atoms with Crippen LogP contribution in [0.4, 0.5) is 13.2 Å². The summed E-state index contributed by atoms with van der Waals surface area (Å²) in [5.41, 5.74) is 1.48. The van der Waals surface area contributed by atoms with E-state index in [0.717, 1.165) is 48.0 Å². The highest BCUT2D eigenvalue weighted by Gasteiger charge is 2.49. The Bertz CT molecular complexity index is 1290. The Kier molecular flexibility index (Phi) is 7.72. The molecule has 2 aliphatic rings. The molecule has 3 aromatic rings. The zero-order valence-electron chi connectivity index (χ0n) is 22.4. The van der Waals surface area contributed by atoms with Gasteiger partial charge in [0.2, 0.25) is 5.91 Å². The molecule has 1 amide bonds. The molecule has 0 aromatic heterocycles. The fourth-order valence-electron chi connectivity index (χ4n) is 6.00. The molecule has 39 heavy (non-hydrogen) atoms. The molecule has 0 unspecified atom stereocenters. The molecule has 0 radical (unpaired) electrons. The first kappa shape index (κ1) is 27.3. The number of carbonyl (C=O) groups excluding carboxylic acids is 1. The second-order valence-electron chi connectivity index (χ2n) is 11.1. The summed E-state index contributed by atoms with van der Waals surface area (Å²) in [6, 6.07) is 21.8. The summed E-state index contributed by atoms with van der Waals surface area (Å²) < 4.78 is 45.7. The molecule has 5 rings (SSSR count). The average molecular weight is 537 g/mol. The van der Waals surface area contributed by atoms with Gasteiger partial charge in [-0.05, 0) is 84.7 Å². The van der Waals surface area contributed by atoms with Crippen molar-refractivity contribution in [3.63, 3.8) is 0 Å². The van der Waals surface area contributed by atoms with Crippen molar-refractivity contribution in [1.29, 1.82) is 0 Å². The molecule has 1 saturated carbocycles. The van der Waals surface area contributed by atoms with Crippen LogP contribution in [0, 0.1) is 11.3 Å². The van der Waals surface area contributed by atoms with Crippen molar-refractivity contribution in [2.75, 3.05) is 6.54 Å². The van der Waals surface area contributed by atoms with E-state index in [2.05, 4.69) is 19.2 Å². The number of amides is 1. The van der Waals surface area contributed by atoms with Crippen LogP contribution in [0.25, 0.3) is 0 Å². The molecule has 1 heterocycles. The van der Waals surface area contributed by atoms with Gasteiger partial charge in [0.05, 0.1) is 11.0 Å². The van der Waals surface area contributed by atoms with Crippen LogP contribution in [0.2, 0.25) is 0 Å². The van der Waals surface area contributed by atoms with Crippen LogP contribution in [0.5, 0.6) is 11.5 Å². The van der Waals surface area contributed by atoms with E-state index in [-0.39, 0.29) is 24.4 Å². The SMILES string of the molecule is CC(C)[C@]1(C(=O)N2CCc3ccc(C(F)(F)F)cc3C2)CC[C@@H](NCc2ccc(Oc3ccccc3)cc2)C1. The lowest BCUT2D eigenvalue weighted by atomic mass is 9.74. The van der Waals surface area contributed by atoms with Crippen LogP contribution >= 0.6 is 0 Å². The number of alkyl halides is 3. The second kappa shape index (κ2) is 11.0. The molecule has 1 fully saturated rings. The molecule has 0 bridgehead atoms. The minimum atomic E-state index is -4.39. The van der Waals surface area contributed by atoms with Crippen LogP contribution in [0.1, 0.15) is 55.4 Å². The highest BCUT2D eigenvalue weighted by Crippen LogP contribution is 2.46. The van der Waals surface area contributed by atoms with Gasteiger partial charge < -0.3 is 15.0 Å². The predicted octanol–water partition coefficient (Wildman–Crippen LogP) is 7.37. The lowest BCUT2D eigenvalue weighted by molar-refractivity contribution is -0.145. The van der Waals surface area contributed by atoms with Gasteiger partial charge in [0.25, 0.3) is 0 Å². The molecular formula is C32H35F3N2O2. The Morgan fingerprint density at radius 2 is 1.74 bits per heavy atom. The Morgan fingerprint density at radius 1 is 1.03 bits per heavy atom. The van der Waals surface area contributed by atoms with Gasteiger partial charge in [-0.25, -0.2) is 0 Å². The van der Waals surface area contributed by atoms with E-state index in [1.54, 1.807) is 11.0 Å².